The summed E-state index contributed by atoms with van der Waals surface area (Å²) in [6, 6.07) is 7.21. The summed E-state index contributed by atoms with van der Waals surface area (Å²) in [5, 5.41) is 0. The Morgan fingerprint density at radius 2 is 2.22 bits per heavy atom. The molecule has 0 spiro atoms. The fourth-order valence-electron chi connectivity index (χ4n) is 3.18. The quantitative estimate of drug-likeness (QED) is 0.767. The number of rotatable bonds is 3. The number of ether oxygens (including phenoxy) is 1. The van der Waals surface area contributed by atoms with E-state index >= 15 is 0 Å². The molecule has 1 aromatic rings. The van der Waals surface area contributed by atoms with Crippen LogP contribution in [0.25, 0.3) is 0 Å². The number of fused-ring (bicyclic) bond motifs is 1. The summed E-state index contributed by atoms with van der Waals surface area (Å²) in [5.41, 5.74) is 0.668. The van der Waals surface area contributed by atoms with E-state index in [1.807, 2.05) is 12.1 Å². The lowest BCUT2D eigenvalue weighted by Gasteiger charge is -2.04. The van der Waals surface area contributed by atoms with Gasteiger partial charge in [-0.1, -0.05) is 12.1 Å². The minimum atomic E-state index is -0.0629. The van der Waals surface area contributed by atoms with E-state index < -0.39 is 0 Å². The van der Waals surface area contributed by atoms with Crippen LogP contribution in [0.4, 0.5) is 0 Å². The van der Waals surface area contributed by atoms with Crippen molar-refractivity contribution in [3.05, 3.63) is 29.8 Å². The Morgan fingerprint density at radius 1 is 1.39 bits per heavy atom. The summed E-state index contributed by atoms with van der Waals surface area (Å²) in [6.07, 6.45) is 2.63. The summed E-state index contributed by atoms with van der Waals surface area (Å²) >= 11 is 0. The zero-order chi connectivity index (χ0) is 12.7. The van der Waals surface area contributed by atoms with Crippen molar-refractivity contribution in [3.8, 4) is 5.75 Å². The average molecular weight is 244 g/mol. The first-order chi connectivity index (χ1) is 8.72. The van der Waals surface area contributed by atoms with Crippen LogP contribution in [0, 0.1) is 17.8 Å². The van der Waals surface area contributed by atoms with E-state index in [1.54, 1.807) is 19.2 Å². The zero-order valence-electron chi connectivity index (χ0n) is 10.4. The van der Waals surface area contributed by atoms with Gasteiger partial charge in [-0.05, 0) is 30.9 Å². The van der Waals surface area contributed by atoms with Gasteiger partial charge in [-0.25, -0.2) is 0 Å². The molecule has 0 saturated heterocycles. The minimum Gasteiger partial charge on any atom is -0.497 e. The third-order valence-corrected chi connectivity index (χ3v) is 4.16. The summed E-state index contributed by atoms with van der Waals surface area (Å²) in [5.74, 6) is 1.34. The first kappa shape index (κ1) is 11.5. The van der Waals surface area contributed by atoms with Gasteiger partial charge in [0.2, 0.25) is 0 Å². The second-order valence-electron chi connectivity index (χ2n) is 5.17. The molecule has 0 N–H and O–H groups in total. The number of hydrogen-bond acceptors (Lipinski definition) is 3. The van der Waals surface area contributed by atoms with Crippen LogP contribution in [0.5, 0.6) is 5.75 Å². The number of carbonyl (C=O) groups is 2. The highest BCUT2D eigenvalue weighted by molar-refractivity contribution is 6.05. The SMILES string of the molecule is COc1cccc(C(=O)[C@H]2[C@@H]3CCCC(=O)[C@@H]32)c1. The monoisotopic (exact) mass is 244 g/mol. The molecule has 2 saturated carbocycles. The van der Waals surface area contributed by atoms with Gasteiger partial charge in [0.25, 0.3) is 0 Å². The zero-order valence-corrected chi connectivity index (χ0v) is 10.4. The smallest absolute Gasteiger partial charge is 0.167 e. The van der Waals surface area contributed by atoms with E-state index in [2.05, 4.69) is 0 Å². The molecule has 2 aliphatic carbocycles. The average Bonchev–Trinajstić information content (AvgIpc) is 3.14. The molecule has 94 valence electrons. The summed E-state index contributed by atoms with van der Waals surface area (Å²) in [7, 11) is 1.59. The molecular formula is C15H16O3. The lowest BCUT2D eigenvalue weighted by molar-refractivity contribution is -0.121. The second-order valence-corrected chi connectivity index (χ2v) is 5.17. The van der Waals surface area contributed by atoms with Gasteiger partial charge in [0.05, 0.1) is 7.11 Å². The van der Waals surface area contributed by atoms with Gasteiger partial charge in [0.15, 0.2) is 5.78 Å². The molecule has 0 aromatic heterocycles. The van der Waals surface area contributed by atoms with Crippen molar-refractivity contribution in [3.63, 3.8) is 0 Å². The molecule has 3 rings (SSSR count). The maximum absolute atomic E-state index is 12.4. The number of carbonyl (C=O) groups excluding carboxylic acids is 2. The maximum Gasteiger partial charge on any atom is 0.167 e. The molecule has 3 atom stereocenters. The van der Waals surface area contributed by atoms with Crippen LogP contribution >= 0.6 is 0 Å². The third kappa shape index (κ3) is 1.74. The predicted octanol–water partition coefficient (Wildman–Crippen LogP) is 2.49. The predicted molar refractivity (Wildman–Crippen MR) is 66.7 cm³/mol. The van der Waals surface area contributed by atoms with Crippen molar-refractivity contribution in [1.82, 2.24) is 0 Å². The Balaban J connectivity index is 1.81. The molecule has 0 unspecified atom stereocenters. The van der Waals surface area contributed by atoms with E-state index in [1.165, 1.54) is 0 Å². The first-order valence-corrected chi connectivity index (χ1v) is 6.43. The Morgan fingerprint density at radius 3 is 2.94 bits per heavy atom. The Hall–Kier alpha value is -1.64. The summed E-state index contributed by atoms with van der Waals surface area (Å²) < 4.78 is 5.13. The fraction of sp³-hybridized carbons (Fsp3) is 0.467. The number of hydrogen-bond donors (Lipinski definition) is 0. The molecule has 3 heteroatoms. The standard InChI is InChI=1S/C15H16O3/c1-18-10-5-2-4-9(8-10)15(17)14-11-6-3-7-12(16)13(11)14/h2,4-5,8,11,13-14H,3,6-7H2,1H3/t11-,13-,14+/m1/s1. The van der Waals surface area contributed by atoms with Crippen molar-refractivity contribution < 1.29 is 14.3 Å². The maximum atomic E-state index is 12.4. The van der Waals surface area contributed by atoms with E-state index in [0.717, 1.165) is 12.8 Å². The fourth-order valence-corrected chi connectivity index (χ4v) is 3.18. The Kier molecular flexibility index (Phi) is 2.69. The van der Waals surface area contributed by atoms with Crippen molar-refractivity contribution in [2.45, 2.75) is 19.3 Å². The normalized spacial score (nSPS) is 29.6. The van der Waals surface area contributed by atoms with Crippen molar-refractivity contribution in [2.24, 2.45) is 17.8 Å². The van der Waals surface area contributed by atoms with Gasteiger partial charge >= 0.3 is 0 Å². The summed E-state index contributed by atoms with van der Waals surface area (Å²) in [4.78, 5) is 24.1. The summed E-state index contributed by atoms with van der Waals surface area (Å²) in [6.45, 7) is 0. The largest absolute Gasteiger partial charge is 0.497 e. The van der Waals surface area contributed by atoms with Gasteiger partial charge in [0, 0.05) is 23.8 Å². The topological polar surface area (TPSA) is 43.4 Å². The van der Waals surface area contributed by atoms with Gasteiger partial charge in [-0.3, -0.25) is 9.59 Å². The second kappa shape index (κ2) is 4.23. The lowest BCUT2D eigenvalue weighted by atomic mass is 10.00. The van der Waals surface area contributed by atoms with Crippen LogP contribution in [0.1, 0.15) is 29.6 Å². The third-order valence-electron chi connectivity index (χ3n) is 4.16. The first-order valence-electron chi connectivity index (χ1n) is 6.43. The molecule has 0 radical (unpaired) electrons. The highest BCUT2D eigenvalue weighted by Gasteiger charge is 2.58. The van der Waals surface area contributed by atoms with Crippen molar-refractivity contribution >= 4 is 11.6 Å². The molecule has 0 aliphatic heterocycles. The van der Waals surface area contributed by atoms with E-state index in [-0.39, 0.29) is 23.4 Å². The van der Waals surface area contributed by atoms with Crippen LogP contribution in [0.3, 0.4) is 0 Å². The molecule has 3 nitrogen and oxygen atoms in total. The van der Waals surface area contributed by atoms with Gasteiger partial charge < -0.3 is 4.74 Å². The van der Waals surface area contributed by atoms with Crippen LogP contribution in [0.2, 0.25) is 0 Å². The minimum absolute atomic E-state index is 0.0115. The van der Waals surface area contributed by atoms with Crippen LogP contribution in [-0.2, 0) is 4.79 Å². The van der Waals surface area contributed by atoms with E-state index in [4.69, 9.17) is 4.74 Å². The van der Waals surface area contributed by atoms with Gasteiger partial charge in [-0.2, -0.15) is 0 Å². The molecular weight excluding hydrogens is 228 g/mol. The molecule has 18 heavy (non-hydrogen) atoms. The van der Waals surface area contributed by atoms with Gasteiger partial charge in [-0.15, -0.1) is 0 Å². The number of methoxy groups -OCH3 is 1. The van der Waals surface area contributed by atoms with Crippen LogP contribution < -0.4 is 4.74 Å². The highest BCUT2D eigenvalue weighted by Crippen LogP contribution is 2.54. The molecule has 2 fully saturated rings. The molecule has 0 amide bonds. The van der Waals surface area contributed by atoms with Crippen LogP contribution in [0.15, 0.2) is 24.3 Å². The Bertz CT molecular complexity index is 506. The van der Waals surface area contributed by atoms with Crippen LogP contribution in [-0.4, -0.2) is 18.7 Å². The highest BCUT2D eigenvalue weighted by atomic mass is 16.5. The van der Waals surface area contributed by atoms with E-state index in [9.17, 15) is 9.59 Å². The molecule has 0 heterocycles. The van der Waals surface area contributed by atoms with Crippen molar-refractivity contribution in [2.75, 3.05) is 7.11 Å². The molecule has 0 bridgehead atoms. The molecule has 1 aromatic carbocycles. The Labute approximate surface area is 106 Å². The van der Waals surface area contributed by atoms with Gasteiger partial charge in [0.1, 0.15) is 11.5 Å². The molecule has 2 aliphatic rings. The lowest BCUT2D eigenvalue weighted by Crippen LogP contribution is -2.09. The number of ketones is 2. The van der Waals surface area contributed by atoms with E-state index in [0.29, 0.717) is 23.7 Å². The number of benzene rings is 1. The van der Waals surface area contributed by atoms with Crippen molar-refractivity contribution in [1.29, 1.82) is 0 Å². The number of Topliss-reactive ketones (excluding diaryl/α,β-unsaturated/α-hetero) is 2.